The Morgan fingerprint density at radius 2 is 1.03 bits per heavy atom. The van der Waals surface area contributed by atoms with Crippen molar-refractivity contribution in [2.75, 3.05) is 14.7 Å². The molecule has 79 heavy (non-hydrogen) atoms. The molecule has 0 bridgehead atoms. The molecule has 0 amide bonds. The third-order valence-electron chi connectivity index (χ3n) is 16.4. The van der Waals surface area contributed by atoms with Crippen molar-refractivity contribution in [3.05, 3.63) is 240 Å². The Labute approximate surface area is 479 Å². The van der Waals surface area contributed by atoms with Gasteiger partial charge in [-0.3, -0.25) is 0 Å². The van der Waals surface area contributed by atoms with E-state index in [4.69, 9.17) is 1.37 Å². The number of hydrogen-bond acceptors (Lipinski definition) is 4. The topological polar surface area (TPSA) is 9.72 Å². The maximum atomic E-state index is 9.85. The molecule has 3 nitrogen and oxygen atoms in total. The van der Waals surface area contributed by atoms with Crippen molar-refractivity contribution in [1.82, 2.24) is 0 Å². The number of benzene rings is 10. The van der Waals surface area contributed by atoms with Gasteiger partial charge in [0.25, 0.3) is 6.71 Å². The molecule has 5 heteroatoms. The highest BCUT2D eigenvalue weighted by molar-refractivity contribution is 7.33. The highest BCUT2D eigenvalue weighted by Crippen LogP contribution is 2.52. The van der Waals surface area contributed by atoms with Crippen LogP contribution in [0.2, 0.25) is 0 Å². The van der Waals surface area contributed by atoms with Crippen LogP contribution in [0.5, 0.6) is 0 Å². The minimum atomic E-state index is -0.425. The standard InChI is InChI=1S/C74H68BN3S/c1-47-41-51(49-21-14-12-15-22-49)42-48(2)69(47)78-64-46-59(76(57-34-29-53(30-35-57)72(3,4)5)58-36-31-54(32-37-58)73(6,7)8)38-39-63(64)75-68-65(43-52(44-66(68)78)61-28-20-24-50-23-18-19-27-60(50)61)77(56-25-16-13-17-26-56)70-62-45-55(74(9,10)11)33-40-67(62)79-71(70)75/h12-46H,1-11H3/i13D,16D,17D,25D,26D. The van der Waals surface area contributed by atoms with E-state index in [2.05, 4.69) is 268 Å². The zero-order valence-electron chi connectivity index (χ0n) is 52.1. The highest BCUT2D eigenvalue weighted by Gasteiger charge is 2.46. The Morgan fingerprint density at radius 1 is 0.456 bits per heavy atom. The monoisotopic (exact) mass is 1050 g/mol. The molecule has 11 aromatic rings. The molecule has 0 saturated carbocycles. The Balaban J connectivity index is 1.18. The predicted molar refractivity (Wildman–Crippen MR) is 344 cm³/mol. The second-order valence-corrected chi connectivity index (χ2v) is 25.9. The van der Waals surface area contributed by atoms with E-state index in [1.54, 1.807) is 11.3 Å². The molecule has 0 saturated heterocycles. The van der Waals surface area contributed by atoms with Gasteiger partial charge in [0.1, 0.15) is 0 Å². The molecule has 388 valence electrons. The largest absolute Gasteiger partial charge is 0.311 e. The second kappa shape index (κ2) is 18.8. The van der Waals surface area contributed by atoms with Crippen LogP contribution in [-0.2, 0) is 16.2 Å². The van der Waals surface area contributed by atoms with Gasteiger partial charge in [0.05, 0.1) is 18.2 Å². The van der Waals surface area contributed by atoms with E-state index in [0.29, 0.717) is 0 Å². The average molecular weight is 1050 g/mol. The molecule has 10 aromatic carbocycles. The summed E-state index contributed by atoms with van der Waals surface area (Å²) >= 11 is 1.74. The average Bonchev–Trinajstić information content (AvgIpc) is 1.21. The van der Waals surface area contributed by atoms with Crippen LogP contribution < -0.4 is 30.4 Å². The third-order valence-corrected chi connectivity index (χ3v) is 17.6. The molecular weight excluding hydrogens is 974 g/mol. The van der Waals surface area contributed by atoms with Gasteiger partial charge in [-0.15, -0.1) is 11.3 Å². The van der Waals surface area contributed by atoms with E-state index < -0.39 is 6.04 Å². The van der Waals surface area contributed by atoms with Crippen LogP contribution in [-0.4, -0.2) is 6.71 Å². The van der Waals surface area contributed by atoms with Gasteiger partial charge in [-0.1, -0.05) is 190 Å². The van der Waals surface area contributed by atoms with E-state index in [-0.39, 0.29) is 52.8 Å². The van der Waals surface area contributed by atoms with E-state index in [1.165, 1.54) is 11.1 Å². The zero-order chi connectivity index (χ0) is 59.1. The van der Waals surface area contributed by atoms with E-state index >= 15 is 0 Å². The lowest BCUT2D eigenvalue weighted by Gasteiger charge is -2.44. The van der Waals surface area contributed by atoms with Crippen molar-refractivity contribution in [3.63, 3.8) is 0 Å². The van der Waals surface area contributed by atoms with Crippen LogP contribution in [0.15, 0.2) is 212 Å². The van der Waals surface area contributed by atoms with Gasteiger partial charge < -0.3 is 14.7 Å². The molecule has 2 aliphatic rings. The predicted octanol–water partition coefficient (Wildman–Crippen LogP) is 19.5. The quantitative estimate of drug-likeness (QED) is 0.147. The first-order valence-corrected chi connectivity index (χ1v) is 28.5. The molecule has 0 N–H and O–H groups in total. The summed E-state index contributed by atoms with van der Waals surface area (Å²) in [5, 5.41) is 3.16. The first-order valence-electron chi connectivity index (χ1n) is 30.2. The lowest BCUT2D eigenvalue weighted by Crippen LogP contribution is -2.60. The summed E-state index contributed by atoms with van der Waals surface area (Å²) in [4.78, 5) is 6.93. The molecule has 3 heterocycles. The first-order chi connectivity index (χ1) is 40.0. The molecule has 13 rings (SSSR count). The smallest absolute Gasteiger partial charge is 0.264 e. The fourth-order valence-corrected chi connectivity index (χ4v) is 13.6. The van der Waals surface area contributed by atoms with Crippen molar-refractivity contribution >= 4 is 106 Å². The van der Waals surface area contributed by atoms with E-state index in [9.17, 15) is 5.48 Å². The number of thiophene rings is 1. The second-order valence-electron chi connectivity index (χ2n) is 24.8. The van der Waals surface area contributed by atoms with Gasteiger partial charge in [0.15, 0.2) is 0 Å². The number of rotatable bonds is 7. The Hall–Kier alpha value is -8.12. The number of fused-ring (bicyclic) bond motifs is 7. The minimum Gasteiger partial charge on any atom is -0.311 e. The molecule has 0 spiro atoms. The SMILES string of the molecule is [2H]c1c([2H])c([2H])c(N2c3cc(-c4cccc5ccccc45)cc4c3B(c3ccc(N(c5ccc(C(C)(C)C)cc5)c5ccc(C(C)(C)C)cc5)cc3N4c3c(C)cc(-c4ccccc4)cc3C)c3sc4ccc(C(C)(C)C)cc4c32)c([2H])c1[2H]. The fourth-order valence-electron chi connectivity index (χ4n) is 12.3. The summed E-state index contributed by atoms with van der Waals surface area (Å²) in [6.45, 7) is 24.3. The Morgan fingerprint density at radius 3 is 1.66 bits per heavy atom. The molecule has 0 unspecified atom stereocenters. The number of aryl methyl sites for hydroxylation is 2. The maximum absolute atomic E-state index is 9.85. The summed E-state index contributed by atoms with van der Waals surface area (Å²) in [6, 6.07) is 64.9. The van der Waals surface area contributed by atoms with Crippen LogP contribution in [0.3, 0.4) is 0 Å². The Bertz CT molecular complexity index is 4360. The van der Waals surface area contributed by atoms with Crippen molar-refractivity contribution in [2.45, 2.75) is 92.4 Å². The number of para-hydroxylation sites is 1. The van der Waals surface area contributed by atoms with E-state index in [1.807, 2.05) is 4.90 Å². The summed E-state index contributed by atoms with van der Waals surface area (Å²) in [5.74, 6) is 0. The molecular formula is C74H68BN3S. The normalized spacial score (nSPS) is 14.1. The number of nitrogens with zero attached hydrogens (tertiary/aromatic N) is 3. The third kappa shape index (κ3) is 8.66. The van der Waals surface area contributed by atoms with Gasteiger partial charge >= 0.3 is 0 Å². The van der Waals surface area contributed by atoms with Gasteiger partial charge in [-0.05, 0) is 187 Å². The van der Waals surface area contributed by atoms with Crippen molar-refractivity contribution in [2.24, 2.45) is 0 Å². The van der Waals surface area contributed by atoms with Crippen LogP contribution in [0, 0.1) is 13.8 Å². The van der Waals surface area contributed by atoms with Crippen LogP contribution in [0.4, 0.5) is 51.2 Å². The van der Waals surface area contributed by atoms with Crippen molar-refractivity contribution in [3.8, 4) is 22.3 Å². The number of hydrogen-bond donors (Lipinski definition) is 0. The fraction of sp³-hybridized carbons (Fsp3) is 0.189. The maximum Gasteiger partial charge on any atom is 0.264 e. The molecule has 0 fully saturated rings. The highest BCUT2D eigenvalue weighted by atomic mass is 32.1. The zero-order valence-corrected chi connectivity index (χ0v) is 48.0. The summed E-state index contributed by atoms with van der Waals surface area (Å²) in [5.41, 5.74) is 19.7. The van der Waals surface area contributed by atoms with Crippen molar-refractivity contribution in [1.29, 1.82) is 0 Å². The molecule has 1 aromatic heterocycles. The summed E-state index contributed by atoms with van der Waals surface area (Å²) in [6.07, 6.45) is 0. The first kappa shape index (κ1) is 44.8. The molecule has 0 radical (unpaired) electrons. The van der Waals surface area contributed by atoms with Crippen LogP contribution in [0.25, 0.3) is 43.1 Å². The van der Waals surface area contributed by atoms with Crippen LogP contribution >= 0.6 is 11.3 Å². The number of anilines is 9. The molecule has 2 aliphatic heterocycles. The van der Waals surface area contributed by atoms with Gasteiger partial charge in [0, 0.05) is 54.7 Å². The van der Waals surface area contributed by atoms with Gasteiger partial charge in [0.2, 0.25) is 0 Å². The van der Waals surface area contributed by atoms with Gasteiger partial charge in [-0.25, -0.2) is 0 Å². The molecule has 0 atom stereocenters. The summed E-state index contributed by atoms with van der Waals surface area (Å²) in [7, 11) is 0. The van der Waals surface area contributed by atoms with Crippen LogP contribution in [0.1, 0.15) is 97.0 Å². The lowest BCUT2D eigenvalue weighted by atomic mass is 9.36. The summed E-state index contributed by atoms with van der Waals surface area (Å²) < 4.78 is 49.2. The molecule has 0 aliphatic carbocycles. The van der Waals surface area contributed by atoms with E-state index in [0.717, 1.165) is 121 Å². The lowest BCUT2D eigenvalue weighted by molar-refractivity contribution is 0.590. The van der Waals surface area contributed by atoms with Crippen molar-refractivity contribution < 1.29 is 6.85 Å². The Kier molecular flexibility index (Phi) is 10.7. The minimum absolute atomic E-state index is 0.0369. The van der Waals surface area contributed by atoms with Gasteiger partial charge in [-0.2, -0.15) is 0 Å².